The van der Waals surface area contributed by atoms with Gasteiger partial charge in [-0.1, -0.05) is 12.1 Å². The van der Waals surface area contributed by atoms with E-state index in [0.717, 1.165) is 18.6 Å². The fraction of sp³-hybridized carbons (Fsp3) is 0.316. The van der Waals surface area contributed by atoms with Gasteiger partial charge in [-0.2, -0.15) is 0 Å². The van der Waals surface area contributed by atoms with Crippen LogP contribution in [0.1, 0.15) is 18.9 Å². The van der Waals surface area contributed by atoms with Crippen LogP contribution in [0.3, 0.4) is 0 Å². The van der Waals surface area contributed by atoms with Crippen LogP contribution in [0.4, 0.5) is 11.4 Å². The molecule has 5 rings (SSSR count). The molecule has 23 heavy (non-hydrogen) atoms. The number of nitrogens with zero attached hydrogens (tertiary/aromatic N) is 3. The molecule has 2 heterocycles. The average Bonchev–Trinajstić information content (AvgIpc) is 3.34. The van der Waals surface area contributed by atoms with Gasteiger partial charge in [0, 0.05) is 26.2 Å². The molecule has 0 unspecified atom stereocenters. The van der Waals surface area contributed by atoms with E-state index >= 15 is 0 Å². The Bertz CT molecular complexity index is 892. The molecular weight excluding hydrogens is 284 g/mol. The van der Waals surface area contributed by atoms with Crippen molar-refractivity contribution in [2.45, 2.75) is 18.9 Å². The Labute approximate surface area is 135 Å². The van der Waals surface area contributed by atoms with Crippen LogP contribution >= 0.6 is 0 Å². The zero-order valence-electron chi connectivity index (χ0n) is 13.3. The van der Waals surface area contributed by atoms with Gasteiger partial charge in [-0.05, 0) is 48.2 Å². The maximum atomic E-state index is 4.60. The molecule has 2 aromatic carbocycles. The Morgan fingerprint density at radius 1 is 1.09 bits per heavy atom. The van der Waals surface area contributed by atoms with Crippen molar-refractivity contribution in [3.63, 3.8) is 0 Å². The monoisotopic (exact) mass is 304 g/mol. The highest BCUT2D eigenvalue weighted by molar-refractivity contribution is 5.85. The number of hydrogen-bond donors (Lipinski definition) is 1. The van der Waals surface area contributed by atoms with Crippen molar-refractivity contribution < 1.29 is 0 Å². The van der Waals surface area contributed by atoms with Crippen molar-refractivity contribution in [2.24, 2.45) is 0 Å². The molecule has 1 aromatic heterocycles. The summed E-state index contributed by atoms with van der Waals surface area (Å²) in [6, 6.07) is 14.0. The Morgan fingerprint density at radius 3 is 2.78 bits per heavy atom. The number of rotatable bonds is 2. The number of likely N-dealkylation sites (N-methyl/N-ethyl adjacent to an activating group) is 1. The van der Waals surface area contributed by atoms with Crippen LogP contribution in [-0.4, -0.2) is 29.7 Å². The van der Waals surface area contributed by atoms with Crippen LogP contribution < -0.4 is 10.2 Å². The second-order valence-electron chi connectivity index (χ2n) is 6.67. The first-order valence-corrected chi connectivity index (χ1v) is 8.35. The van der Waals surface area contributed by atoms with Crippen LogP contribution in [0.5, 0.6) is 0 Å². The lowest BCUT2D eigenvalue weighted by atomic mass is 10.0. The summed E-state index contributed by atoms with van der Waals surface area (Å²) in [6.07, 6.45) is 4.57. The maximum Gasteiger partial charge on any atom is 0.0960 e. The third kappa shape index (κ3) is 2.09. The molecular formula is C19H20N4. The standard InChI is InChI=1S/C19H20N4/c1-22-9-8-20-16-10-13(2-6-18(16)22)14-3-7-19-17(11-14)21-12-23(19)15-4-5-15/h2-3,6-7,10-12,15,20H,4-5,8-9H2,1H3. The van der Waals surface area contributed by atoms with E-state index in [1.165, 1.54) is 40.9 Å². The SMILES string of the molecule is CN1CCNc2cc(-c3ccc4c(c3)ncn4C3CC3)ccc21. The molecule has 3 aromatic rings. The van der Waals surface area contributed by atoms with Crippen molar-refractivity contribution in [3.05, 3.63) is 42.7 Å². The maximum absolute atomic E-state index is 4.60. The number of nitrogens with one attached hydrogen (secondary N) is 1. The summed E-state index contributed by atoms with van der Waals surface area (Å²) in [6.45, 7) is 2.05. The van der Waals surface area contributed by atoms with E-state index in [0.29, 0.717) is 6.04 Å². The molecule has 1 aliphatic heterocycles. The van der Waals surface area contributed by atoms with Gasteiger partial charge >= 0.3 is 0 Å². The summed E-state index contributed by atoms with van der Waals surface area (Å²) in [4.78, 5) is 6.91. The van der Waals surface area contributed by atoms with Gasteiger partial charge in [0.15, 0.2) is 0 Å². The fourth-order valence-electron chi connectivity index (χ4n) is 3.52. The highest BCUT2D eigenvalue weighted by Gasteiger charge is 2.24. The number of anilines is 2. The Kier molecular flexibility index (Phi) is 2.68. The highest BCUT2D eigenvalue weighted by atomic mass is 15.2. The summed E-state index contributed by atoms with van der Waals surface area (Å²) < 4.78 is 2.32. The zero-order valence-corrected chi connectivity index (χ0v) is 13.3. The minimum absolute atomic E-state index is 0.675. The first kappa shape index (κ1) is 13.0. The van der Waals surface area contributed by atoms with Gasteiger partial charge < -0.3 is 14.8 Å². The number of benzene rings is 2. The third-order valence-electron chi connectivity index (χ3n) is 5.02. The summed E-state index contributed by atoms with van der Waals surface area (Å²) in [5.41, 5.74) is 7.33. The van der Waals surface area contributed by atoms with Gasteiger partial charge in [0.1, 0.15) is 0 Å². The molecule has 0 bridgehead atoms. The molecule has 1 saturated carbocycles. The van der Waals surface area contributed by atoms with E-state index in [1.54, 1.807) is 0 Å². The van der Waals surface area contributed by atoms with E-state index in [2.05, 4.69) is 63.2 Å². The fourth-order valence-corrected chi connectivity index (χ4v) is 3.52. The molecule has 2 aliphatic rings. The molecule has 116 valence electrons. The van der Waals surface area contributed by atoms with Gasteiger partial charge in [-0.15, -0.1) is 0 Å². The van der Waals surface area contributed by atoms with E-state index in [-0.39, 0.29) is 0 Å². The summed E-state index contributed by atoms with van der Waals surface area (Å²) >= 11 is 0. The molecule has 0 amide bonds. The van der Waals surface area contributed by atoms with Crippen LogP contribution in [0.25, 0.3) is 22.2 Å². The summed E-state index contributed by atoms with van der Waals surface area (Å²) in [5.74, 6) is 0. The Morgan fingerprint density at radius 2 is 1.91 bits per heavy atom. The lowest BCUT2D eigenvalue weighted by molar-refractivity contribution is 0.766. The largest absolute Gasteiger partial charge is 0.382 e. The van der Waals surface area contributed by atoms with Crippen LogP contribution in [0, 0.1) is 0 Å². The van der Waals surface area contributed by atoms with Crippen LogP contribution in [-0.2, 0) is 0 Å². The highest BCUT2D eigenvalue weighted by Crippen LogP contribution is 2.38. The number of hydrogen-bond acceptors (Lipinski definition) is 3. The van der Waals surface area contributed by atoms with E-state index < -0.39 is 0 Å². The first-order valence-electron chi connectivity index (χ1n) is 8.35. The predicted octanol–water partition coefficient (Wildman–Crippen LogP) is 3.90. The van der Waals surface area contributed by atoms with E-state index in [4.69, 9.17) is 0 Å². The summed E-state index contributed by atoms with van der Waals surface area (Å²) in [7, 11) is 2.15. The van der Waals surface area contributed by atoms with Crippen LogP contribution in [0.15, 0.2) is 42.7 Å². The molecule has 0 spiro atoms. The Balaban J connectivity index is 1.57. The molecule has 0 atom stereocenters. The van der Waals surface area contributed by atoms with Crippen molar-refractivity contribution in [2.75, 3.05) is 30.4 Å². The van der Waals surface area contributed by atoms with E-state index in [1.807, 2.05) is 6.33 Å². The van der Waals surface area contributed by atoms with Crippen molar-refractivity contribution in [3.8, 4) is 11.1 Å². The smallest absolute Gasteiger partial charge is 0.0960 e. The number of aromatic nitrogens is 2. The average molecular weight is 304 g/mol. The predicted molar refractivity (Wildman–Crippen MR) is 95.2 cm³/mol. The number of fused-ring (bicyclic) bond motifs is 2. The number of imidazole rings is 1. The quantitative estimate of drug-likeness (QED) is 0.779. The van der Waals surface area contributed by atoms with Gasteiger partial charge in [0.25, 0.3) is 0 Å². The minimum Gasteiger partial charge on any atom is -0.382 e. The van der Waals surface area contributed by atoms with Gasteiger partial charge in [-0.3, -0.25) is 0 Å². The topological polar surface area (TPSA) is 33.1 Å². The van der Waals surface area contributed by atoms with Crippen molar-refractivity contribution >= 4 is 22.4 Å². The molecule has 0 radical (unpaired) electrons. The minimum atomic E-state index is 0.675. The lowest BCUT2D eigenvalue weighted by Crippen LogP contribution is -2.30. The first-order chi connectivity index (χ1) is 11.3. The molecule has 4 nitrogen and oxygen atoms in total. The lowest BCUT2D eigenvalue weighted by Gasteiger charge is -2.29. The zero-order chi connectivity index (χ0) is 15.4. The normalized spacial score (nSPS) is 17.2. The molecule has 1 fully saturated rings. The van der Waals surface area contributed by atoms with E-state index in [9.17, 15) is 0 Å². The van der Waals surface area contributed by atoms with Gasteiger partial charge in [0.2, 0.25) is 0 Å². The van der Waals surface area contributed by atoms with Crippen molar-refractivity contribution in [1.82, 2.24) is 9.55 Å². The molecule has 1 aliphatic carbocycles. The molecule has 4 heteroatoms. The second kappa shape index (κ2) is 4.75. The van der Waals surface area contributed by atoms with Gasteiger partial charge in [0.05, 0.1) is 28.7 Å². The Hall–Kier alpha value is -2.49. The second-order valence-corrected chi connectivity index (χ2v) is 6.67. The molecule has 1 N–H and O–H groups in total. The van der Waals surface area contributed by atoms with Crippen LogP contribution in [0.2, 0.25) is 0 Å². The summed E-state index contributed by atoms with van der Waals surface area (Å²) in [5, 5.41) is 3.51. The molecule has 0 saturated heterocycles. The van der Waals surface area contributed by atoms with Gasteiger partial charge in [-0.25, -0.2) is 4.98 Å². The van der Waals surface area contributed by atoms with Crippen molar-refractivity contribution in [1.29, 1.82) is 0 Å². The third-order valence-corrected chi connectivity index (χ3v) is 5.02.